The molecule has 2 nitrogen and oxygen atoms in total. The number of hydrogen-bond acceptors (Lipinski definition) is 2. The molecule has 100 valence electrons. The molecule has 2 heterocycles. The third-order valence-corrected chi connectivity index (χ3v) is 4.49. The van der Waals surface area contributed by atoms with Gasteiger partial charge < -0.3 is 9.64 Å². The molecule has 2 heteroatoms. The second kappa shape index (κ2) is 5.71. The largest absolute Gasteiger partial charge is 0.380 e. The molecular formula is C15H29NO. The van der Waals surface area contributed by atoms with Gasteiger partial charge in [-0.3, -0.25) is 0 Å². The summed E-state index contributed by atoms with van der Waals surface area (Å²) >= 11 is 0. The Morgan fingerprint density at radius 3 is 2.06 bits per heavy atom. The Balaban J connectivity index is 0.000000329. The van der Waals surface area contributed by atoms with Crippen LogP contribution in [-0.4, -0.2) is 37.2 Å². The maximum Gasteiger partial charge on any atom is 0.0545 e. The van der Waals surface area contributed by atoms with Crippen LogP contribution in [0.3, 0.4) is 0 Å². The van der Waals surface area contributed by atoms with Gasteiger partial charge in [0.25, 0.3) is 0 Å². The van der Waals surface area contributed by atoms with E-state index in [0.29, 0.717) is 5.41 Å². The molecule has 2 saturated heterocycles. The Labute approximate surface area is 107 Å². The van der Waals surface area contributed by atoms with Crippen LogP contribution in [0, 0.1) is 11.3 Å². The maximum atomic E-state index is 5.31. The van der Waals surface area contributed by atoms with Crippen LogP contribution in [0.15, 0.2) is 0 Å². The lowest BCUT2D eigenvalue weighted by Gasteiger charge is -2.57. The molecule has 0 unspecified atom stereocenters. The zero-order chi connectivity index (χ0) is 12.3. The molecule has 0 aromatic carbocycles. The molecule has 3 aliphatic rings. The van der Waals surface area contributed by atoms with Gasteiger partial charge in [-0.15, -0.1) is 0 Å². The first-order chi connectivity index (χ1) is 8.19. The number of likely N-dealkylation sites (tertiary alicyclic amines) is 1. The van der Waals surface area contributed by atoms with E-state index in [-0.39, 0.29) is 0 Å². The fourth-order valence-electron chi connectivity index (χ4n) is 3.22. The minimum Gasteiger partial charge on any atom is -0.380 e. The molecule has 2 aliphatic heterocycles. The molecule has 0 aromatic heterocycles. The zero-order valence-corrected chi connectivity index (χ0v) is 11.9. The van der Waals surface area contributed by atoms with Gasteiger partial charge in [-0.2, -0.15) is 0 Å². The van der Waals surface area contributed by atoms with E-state index in [9.17, 15) is 0 Å². The van der Waals surface area contributed by atoms with Crippen molar-refractivity contribution in [2.24, 2.45) is 11.3 Å². The van der Waals surface area contributed by atoms with Crippen LogP contribution in [-0.2, 0) is 4.74 Å². The molecule has 0 aromatic rings. The zero-order valence-electron chi connectivity index (χ0n) is 11.9. The highest BCUT2D eigenvalue weighted by Gasteiger charge is 2.51. The first kappa shape index (κ1) is 13.4. The van der Waals surface area contributed by atoms with Gasteiger partial charge in [0.1, 0.15) is 0 Å². The van der Waals surface area contributed by atoms with E-state index in [4.69, 9.17) is 4.74 Å². The molecule has 3 rings (SSSR count). The van der Waals surface area contributed by atoms with Gasteiger partial charge in [0.2, 0.25) is 0 Å². The Morgan fingerprint density at radius 2 is 1.65 bits per heavy atom. The van der Waals surface area contributed by atoms with Crippen molar-refractivity contribution >= 4 is 0 Å². The van der Waals surface area contributed by atoms with Crippen molar-refractivity contribution in [1.29, 1.82) is 0 Å². The quantitative estimate of drug-likeness (QED) is 0.696. The van der Waals surface area contributed by atoms with Gasteiger partial charge in [-0.1, -0.05) is 27.2 Å². The molecule has 1 saturated carbocycles. The lowest BCUT2D eigenvalue weighted by atomic mass is 9.63. The predicted molar refractivity (Wildman–Crippen MR) is 72.2 cm³/mol. The average molecular weight is 239 g/mol. The van der Waals surface area contributed by atoms with Crippen molar-refractivity contribution < 1.29 is 4.74 Å². The summed E-state index contributed by atoms with van der Waals surface area (Å²) < 4.78 is 5.31. The van der Waals surface area contributed by atoms with Gasteiger partial charge in [-0.05, 0) is 44.7 Å². The van der Waals surface area contributed by atoms with Crippen LogP contribution < -0.4 is 0 Å². The SMILES string of the molecule is CC1CCN(C2CC3(COC3)C2)CC1.CCC. The molecule has 1 spiro atoms. The first-order valence-corrected chi connectivity index (χ1v) is 7.51. The maximum absolute atomic E-state index is 5.31. The van der Waals surface area contributed by atoms with Gasteiger partial charge >= 0.3 is 0 Å². The molecular weight excluding hydrogens is 210 g/mol. The predicted octanol–water partition coefficient (Wildman–Crippen LogP) is 3.31. The summed E-state index contributed by atoms with van der Waals surface area (Å²) in [7, 11) is 0. The van der Waals surface area contributed by atoms with Crippen LogP contribution in [0.5, 0.6) is 0 Å². The van der Waals surface area contributed by atoms with Crippen LogP contribution in [0.2, 0.25) is 0 Å². The third-order valence-electron chi connectivity index (χ3n) is 4.49. The normalized spacial score (nSPS) is 29.1. The van der Waals surface area contributed by atoms with Crippen molar-refractivity contribution in [1.82, 2.24) is 4.90 Å². The van der Waals surface area contributed by atoms with E-state index in [1.165, 1.54) is 45.2 Å². The standard InChI is InChI=1S/C12H21NO.C3H8/c1-10-2-4-13(5-3-10)11-6-12(7-11)8-14-9-12;1-3-2/h10-11H,2-9H2,1H3;3H2,1-2H3. The number of nitrogens with zero attached hydrogens (tertiary/aromatic N) is 1. The summed E-state index contributed by atoms with van der Waals surface area (Å²) in [6.07, 6.45) is 6.92. The highest BCUT2D eigenvalue weighted by molar-refractivity contribution is 5.02. The molecule has 1 aliphatic carbocycles. The van der Waals surface area contributed by atoms with Crippen molar-refractivity contribution in [2.75, 3.05) is 26.3 Å². The summed E-state index contributed by atoms with van der Waals surface area (Å²) in [5.74, 6) is 0.965. The van der Waals surface area contributed by atoms with E-state index >= 15 is 0 Å². The summed E-state index contributed by atoms with van der Waals surface area (Å²) in [5, 5.41) is 0. The van der Waals surface area contributed by atoms with Crippen molar-refractivity contribution in [3.8, 4) is 0 Å². The summed E-state index contributed by atoms with van der Waals surface area (Å²) in [6, 6.07) is 0.909. The Bertz CT molecular complexity index is 221. The second-order valence-corrected chi connectivity index (χ2v) is 6.48. The van der Waals surface area contributed by atoms with E-state index in [0.717, 1.165) is 25.2 Å². The van der Waals surface area contributed by atoms with Crippen molar-refractivity contribution in [3.63, 3.8) is 0 Å². The van der Waals surface area contributed by atoms with Crippen LogP contribution in [0.4, 0.5) is 0 Å². The fraction of sp³-hybridized carbons (Fsp3) is 1.00. The van der Waals surface area contributed by atoms with Gasteiger partial charge in [-0.25, -0.2) is 0 Å². The highest BCUT2D eigenvalue weighted by Crippen LogP contribution is 2.49. The van der Waals surface area contributed by atoms with Crippen molar-refractivity contribution in [3.05, 3.63) is 0 Å². The van der Waals surface area contributed by atoms with E-state index in [1.54, 1.807) is 0 Å². The van der Waals surface area contributed by atoms with E-state index < -0.39 is 0 Å². The average Bonchev–Trinajstić information content (AvgIpc) is 2.18. The van der Waals surface area contributed by atoms with E-state index in [2.05, 4.69) is 25.7 Å². The lowest BCUT2D eigenvalue weighted by molar-refractivity contribution is -0.186. The number of rotatable bonds is 1. The molecule has 0 amide bonds. The molecule has 0 bridgehead atoms. The van der Waals surface area contributed by atoms with Crippen LogP contribution in [0.25, 0.3) is 0 Å². The van der Waals surface area contributed by atoms with Gasteiger partial charge in [0.05, 0.1) is 13.2 Å². The lowest BCUT2D eigenvalue weighted by Crippen LogP contribution is -2.60. The summed E-state index contributed by atoms with van der Waals surface area (Å²) in [4.78, 5) is 2.73. The molecule has 0 radical (unpaired) electrons. The monoisotopic (exact) mass is 239 g/mol. The number of piperidine rings is 1. The smallest absolute Gasteiger partial charge is 0.0545 e. The Morgan fingerprint density at radius 1 is 1.12 bits per heavy atom. The molecule has 17 heavy (non-hydrogen) atoms. The summed E-state index contributed by atoms with van der Waals surface area (Å²) in [5.41, 5.74) is 0.647. The molecule has 3 fully saturated rings. The Kier molecular flexibility index (Phi) is 4.48. The molecule has 0 N–H and O–H groups in total. The third kappa shape index (κ3) is 3.03. The number of hydrogen-bond donors (Lipinski definition) is 0. The second-order valence-electron chi connectivity index (χ2n) is 6.48. The van der Waals surface area contributed by atoms with Crippen molar-refractivity contribution in [2.45, 2.75) is 58.9 Å². The van der Waals surface area contributed by atoms with Crippen LogP contribution >= 0.6 is 0 Å². The van der Waals surface area contributed by atoms with Gasteiger partial charge in [0.15, 0.2) is 0 Å². The van der Waals surface area contributed by atoms with Crippen LogP contribution in [0.1, 0.15) is 52.9 Å². The number of ether oxygens (including phenoxy) is 1. The Hall–Kier alpha value is -0.0800. The first-order valence-electron chi connectivity index (χ1n) is 7.51. The fourth-order valence-corrected chi connectivity index (χ4v) is 3.22. The minimum absolute atomic E-state index is 0.647. The topological polar surface area (TPSA) is 12.5 Å². The summed E-state index contributed by atoms with van der Waals surface area (Å²) in [6.45, 7) is 11.4. The minimum atomic E-state index is 0.647. The van der Waals surface area contributed by atoms with E-state index in [1.807, 2.05) is 0 Å². The van der Waals surface area contributed by atoms with Gasteiger partial charge in [0, 0.05) is 11.5 Å². The molecule has 0 atom stereocenters. The highest BCUT2D eigenvalue weighted by atomic mass is 16.5.